The lowest BCUT2D eigenvalue weighted by Crippen LogP contribution is -2.03. The molecular formula is C9H7F3. The Balaban J connectivity index is 2.34. The van der Waals surface area contributed by atoms with Gasteiger partial charge in [0.1, 0.15) is 0 Å². The lowest BCUT2D eigenvalue weighted by molar-refractivity contribution is 0.232. The minimum atomic E-state index is -2.37. The van der Waals surface area contributed by atoms with Crippen LogP contribution in [0.25, 0.3) is 0 Å². The van der Waals surface area contributed by atoms with E-state index in [-0.39, 0.29) is 5.56 Å². The van der Waals surface area contributed by atoms with Crippen molar-refractivity contribution in [1.29, 1.82) is 0 Å². The highest BCUT2D eigenvalue weighted by Crippen LogP contribution is 2.54. The maximum absolute atomic E-state index is 13.3. The van der Waals surface area contributed by atoms with Gasteiger partial charge in [0.25, 0.3) is 0 Å². The normalized spacial score (nSPS) is 39.6. The maximum Gasteiger partial charge on any atom is 0.203 e. The summed E-state index contributed by atoms with van der Waals surface area (Å²) in [7, 11) is 0. The van der Waals surface area contributed by atoms with Crippen molar-refractivity contribution < 1.29 is 13.2 Å². The zero-order valence-electron chi connectivity index (χ0n) is 6.18. The van der Waals surface area contributed by atoms with E-state index in [4.69, 9.17) is 0 Å². The fourth-order valence-corrected chi connectivity index (χ4v) is 1.29. The fraction of sp³-hybridized carbons (Fsp3) is 0.333. The zero-order valence-corrected chi connectivity index (χ0v) is 6.18. The molecule has 3 atom stereocenters. The molecule has 1 aromatic rings. The van der Waals surface area contributed by atoms with Crippen molar-refractivity contribution in [3.8, 4) is 0 Å². The molecule has 3 heteroatoms. The molecule has 12 heavy (non-hydrogen) atoms. The largest absolute Gasteiger partial charge is 0.240 e. The average molecular weight is 172 g/mol. The Labute approximate surface area is 68.0 Å². The standard InChI is InChI=1S/C9H7F3/c10-7-8(11)9(7,12)6-4-2-1-3-5-6/h1-5,7-8H/t7-,8+,9?. The van der Waals surface area contributed by atoms with E-state index in [9.17, 15) is 13.2 Å². The predicted molar refractivity (Wildman–Crippen MR) is 39.0 cm³/mol. The summed E-state index contributed by atoms with van der Waals surface area (Å²) >= 11 is 0. The van der Waals surface area contributed by atoms with Crippen molar-refractivity contribution in [3.63, 3.8) is 0 Å². The van der Waals surface area contributed by atoms with E-state index in [1.54, 1.807) is 18.2 Å². The average Bonchev–Trinajstić information content (AvgIpc) is 2.60. The molecule has 0 nitrogen and oxygen atoms in total. The van der Waals surface area contributed by atoms with Crippen LogP contribution in [0, 0.1) is 0 Å². The topological polar surface area (TPSA) is 0 Å². The van der Waals surface area contributed by atoms with Gasteiger partial charge in [0.15, 0.2) is 12.3 Å². The van der Waals surface area contributed by atoms with E-state index in [1.165, 1.54) is 12.1 Å². The zero-order chi connectivity index (χ0) is 8.77. The number of benzene rings is 1. The molecule has 0 saturated heterocycles. The van der Waals surface area contributed by atoms with Crippen LogP contribution in [0.5, 0.6) is 0 Å². The summed E-state index contributed by atoms with van der Waals surface area (Å²) in [6.07, 6.45) is -3.97. The van der Waals surface area contributed by atoms with E-state index < -0.39 is 18.0 Å². The Morgan fingerprint density at radius 2 is 1.50 bits per heavy atom. The number of hydrogen-bond acceptors (Lipinski definition) is 0. The highest BCUT2D eigenvalue weighted by atomic mass is 19.2. The van der Waals surface area contributed by atoms with Gasteiger partial charge in [-0.3, -0.25) is 0 Å². The minimum Gasteiger partial charge on any atom is -0.240 e. The van der Waals surface area contributed by atoms with Crippen molar-refractivity contribution in [2.45, 2.75) is 18.0 Å². The maximum atomic E-state index is 13.3. The van der Waals surface area contributed by atoms with Gasteiger partial charge in [-0.25, -0.2) is 13.2 Å². The Morgan fingerprint density at radius 1 is 1.00 bits per heavy atom. The van der Waals surface area contributed by atoms with Crippen LogP contribution in [0.15, 0.2) is 30.3 Å². The van der Waals surface area contributed by atoms with Gasteiger partial charge in [0, 0.05) is 0 Å². The molecule has 1 aliphatic rings. The highest BCUT2D eigenvalue weighted by Gasteiger charge is 2.70. The van der Waals surface area contributed by atoms with Crippen molar-refractivity contribution >= 4 is 0 Å². The summed E-state index contributed by atoms with van der Waals surface area (Å²) in [6, 6.07) is 7.59. The first kappa shape index (κ1) is 7.65. The van der Waals surface area contributed by atoms with Crippen LogP contribution in [0.4, 0.5) is 13.2 Å². The van der Waals surface area contributed by atoms with Gasteiger partial charge in [0.05, 0.1) is 0 Å². The second kappa shape index (κ2) is 2.25. The summed E-state index contributed by atoms with van der Waals surface area (Å²) in [4.78, 5) is 0. The summed E-state index contributed by atoms with van der Waals surface area (Å²) in [5, 5.41) is 0. The number of rotatable bonds is 1. The third-order valence-electron chi connectivity index (χ3n) is 2.17. The minimum absolute atomic E-state index is 0.0880. The van der Waals surface area contributed by atoms with E-state index in [0.29, 0.717) is 0 Å². The molecule has 0 bridgehead atoms. The molecular weight excluding hydrogens is 165 g/mol. The first-order valence-corrected chi connectivity index (χ1v) is 3.70. The van der Waals surface area contributed by atoms with Crippen molar-refractivity contribution in [2.24, 2.45) is 0 Å². The molecule has 0 aliphatic heterocycles. The lowest BCUT2D eigenvalue weighted by atomic mass is 10.1. The van der Waals surface area contributed by atoms with Gasteiger partial charge >= 0.3 is 0 Å². The fourth-order valence-electron chi connectivity index (χ4n) is 1.29. The second-order valence-electron chi connectivity index (χ2n) is 2.94. The lowest BCUT2D eigenvalue weighted by Gasteiger charge is -2.02. The van der Waals surface area contributed by atoms with Gasteiger partial charge in [-0.1, -0.05) is 30.3 Å². The Bertz CT molecular complexity index is 275. The van der Waals surface area contributed by atoms with Gasteiger partial charge in [-0.05, 0) is 5.56 Å². The Kier molecular flexibility index (Phi) is 1.43. The van der Waals surface area contributed by atoms with Crippen LogP contribution >= 0.6 is 0 Å². The van der Waals surface area contributed by atoms with Gasteiger partial charge in [0.2, 0.25) is 5.67 Å². The molecule has 0 heterocycles. The summed E-state index contributed by atoms with van der Waals surface area (Å²) in [5.41, 5.74) is -2.29. The third kappa shape index (κ3) is 0.792. The highest BCUT2D eigenvalue weighted by molar-refractivity contribution is 5.35. The first-order valence-electron chi connectivity index (χ1n) is 3.70. The molecule has 0 amide bonds. The number of hydrogen-bond donors (Lipinski definition) is 0. The predicted octanol–water partition coefficient (Wildman–Crippen LogP) is 2.54. The van der Waals surface area contributed by atoms with Crippen LogP contribution in [0.2, 0.25) is 0 Å². The SMILES string of the molecule is F[C@@H]1[C@H](F)C1(F)c1ccccc1. The molecule has 0 N–H and O–H groups in total. The molecule has 1 aliphatic carbocycles. The molecule has 64 valence electrons. The smallest absolute Gasteiger partial charge is 0.203 e. The monoisotopic (exact) mass is 172 g/mol. The number of alkyl halides is 3. The molecule has 1 aromatic carbocycles. The molecule has 0 radical (unpaired) electrons. The van der Waals surface area contributed by atoms with E-state index in [0.717, 1.165) is 0 Å². The van der Waals surface area contributed by atoms with E-state index >= 15 is 0 Å². The summed E-state index contributed by atoms with van der Waals surface area (Å²) < 4.78 is 38.2. The van der Waals surface area contributed by atoms with E-state index in [1.807, 2.05) is 0 Å². The van der Waals surface area contributed by atoms with Gasteiger partial charge in [-0.2, -0.15) is 0 Å². The van der Waals surface area contributed by atoms with Crippen LogP contribution in [-0.4, -0.2) is 12.3 Å². The molecule has 1 saturated carbocycles. The van der Waals surface area contributed by atoms with Gasteiger partial charge < -0.3 is 0 Å². The first-order chi connectivity index (χ1) is 5.67. The van der Waals surface area contributed by atoms with E-state index in [2.05, 4.69) is 0 Å². The molecule has 0 aromatic heterocycles. The van der Waals surface area contributed by atoms with Crippen LogP contribution in [0.1, 0.15) is 5.56 Å². The van der Waals surface area contributed by atoms with Crippen LogP contribution in [0.3, 0.4) is 0 Å². The van der Waals surface area contributed by atoms with Crippen LogP contribution < -0.4 is 0 Å². The Morgan fingerprint density at radius 3 is 1.92 bits per heavy atom. The second-order valence-corrected chi connectivity index (χ2v) is 2.94. The third-order valence-corrected chi connectivity index (χ3v) is 2.17. The summed E-state index contributed by atoms with van der Waals surface area (Å²) in [5.74, 6) is 0. The van der Waals surface area contributed by atoms with Crippen molar-refractivity contribution in [2.75, 3.05) is 0 Å². The Hall–Kier alpha value is -0.990. The van der Waals surface area contributed by atoms with Crippen molar-refractivity contribution in [1.82, 2.24) is 0 Å². The quantitative estimate of drug-likeness (QED) is 0.610. The van der Waals surface area contributed by atoms with Crippen LogP contribution in [-0.2, 0) is 5.67 Å². The summed E-state index contributed by atoms with van der Waals surface area (Å²) in [6.45, 7) is 0. The van der Waals surface area contributed by atoms with Crippen molar-refractivity contribution in [3.05, 3.63) is 35.9 Å². The molecule has 1 unspecified atom stereocenters. The molecule has 0 spiro atoms. The molecule has 1 fully saturated rings. The molecule has 2 rings (SSSR count). The van der Waals surface area contributed by atoms with Gasteiger partial charge in [-0.15, -0.1) is 0 Å². The number of halogens is 3.